The molecule has 1 fully saturated rings. The molecule has 1 amide bonds. The first-order chi connectivity index (χ1) is 9.95. The normalized spacial score (nSPS) is 18.4. The Morgan fingerprint density at radius 3 is 2.71 bits per heavy atom. The maximum atomic E-state index is 12.0. The zero-order valence-corrected chi connectivity index (χ0v) is 12.0. The van der Waals surface area contributed by atoms with Gasteiger partial charge in [0.25, 0.3) is 0 Å². The van der Waals surface area contributed by atoms with Crippen molar-refractivity contribution in [3.63, 3.8) is 0 Å². The van der Waals surface area contributed by atoms with Gasteiger partial charge in [-0.05, 0) is 12.8 Å². The summed E-state index contributed by atoms with van der Waals surface area (Å²) in [7, 11) is 1.70. The number of hydrogen-bond acceptors (Lipinski definition) is 5. The van der Waals surface area contributed by atoms with Crippen molar-refractivity contribution in [1.82, 2.24) is 20.0 Å². The molecule has 1 atom stereocenters. The Morgan fingerprint density at radius 2 is 2.19 bits per heavy atom. The molecule has 1 aliphatic heterocycles. The topological polar surface area (TPSA) is 113 Å². The summed E-state index contributed by atoms with van der Waals surface area (Å²) in [5.74, 6) is -1.40. The summed E-state index contributed by atoms with van der Waals surface area (Å²) in [6.45, 7) is 1.72. The van der Waals surface area contributed by atoms with Crippen LogP contribution in [0.4, 0.5) is 0 Å². The molecule has 0 spiro atoms. The van der Waals surface area contributed by atoms with Gasteiger partial charge >= 0.3 is 5.97 Å². The molecule has 2 rings (SSSR count). The molecule has 8 heteroatoms. The minimum Gasteiger partial charge on any atom is -0.479 e. The van der Waals surface area contributed by atoms with Crippen LogP contribution < -0.4 is 11.1 Å². The van der Waals surface area contributed by atoms with E-state index in [1.807, 2.05) is 4.90 Å². The van der Waals surface area contributed by atoms with E-state index in [1.54, 1.807) is 13.2 Å². The number of likely N-dealkylation sites (tertiary alicyclic amines) is 1. The van der Waals surface area contributed by atoms with Gasteiger partial charge in [0.15, 0.2) is 6.04 Å². The van der Waals surface area contributed by atoms with Crippen molar-refractivity contribution in [3.05, 3.63) is 18.0 Å². The van der Waals surface area contributed by atoms with E-state index in [0.717, 1.165) is 25.9 Å². The fourth-order valence-corrected chi connectivity index (χ4v) is 2.40. The lowest BCUT2D eigenvalue weighted by molar-refractivity contribution is -0.142. The fraction of sp³-hybridized carbons (Fsp3) is 0.615. The quantitative estimate of drug-likeness (QED) is 0.648. The SMILES string of the molecule is Cn1cc(C(NC(=O)CN2CCC(N)CC2)C(=O)O)cn1. The van der Waals surface area contributed by atoms with Crippen molar-refractivity contribution in [3.8, 4) is 0 Å². The molecule has 116 valence electrons. The lowest BCUT2D eigenvalue weighted by Gasteiger charge is -2.29. The van der Waals surface area contributed by atoms with Crippen LogP contribution in [0.15, 0.2) is 12.4 Å². The average molecular weight is 295 g/mol. The Morgan fingerprint density at radius 1 is 1.52 bits per heavy atom. The van der Waals surface area contributed by atoms with Crippen molar-refractivity contribution >= 4 is 11.9 Å². The van der Waals surface area contributed by atoms with Crippen molar-refractivity contribution in [2.24, 2.45) is 12.8 Å². The van der Waals surface area contributed by atoms with Crippen LogP contribution in [0, 0.1) is 0 Å². The number of nitrogens with one attached hydrogen (secondary N) is 1. The number of aromatic nitrogens is 2. The largest absolute Gasteiger partial charge is 0.479 e. The van der Waals surface area contributed by atoms with E-state index in [4.69, 9.17) is 5.73 Å². The number of carbonyl (C=O) groups excluding carboxylic acids is 1. The van der Waals surface area contributed by atoms with Crippen LogP contribution in [0.3, 0.4) is 0 Å². The summed E-state index contributed by atoms with van der Waals surface area (Å²) in [5, 5.41) is 15.7. The summed E-state index contributed by atoms with van der Waals surface area (Å²) in [6.07, 6.45) is 4.74. The standard InChI is InChI=1S/C13H21N5O3/c1-17-7-9(6-15-17)12(13(20)21)16-11(19)8-18-4-2-10(14)3-5-18/h6-7,10,12H,2-5,8,14H2,1H3,(H,16,19)(H,20,21). The number of carbonyl (C=O) groups is 2. The van der Waals surface area contributed by atoms with Gasteiger partial charge in [0.05, 0.1) is 12.7 Å². The minimum atomic E-state index is -1.10. The molecule has 1 aliphatic rings. The van der Waals surface area contributed by atoms with Crippen LogP contribution in [0.5, 0.6) is 0 Å². The summed E-state index contributed by atoms with van der Waals surface area (Å²) in [5.41, 5.74) is 6.27. The third kappa shape index (κ3) is 4.27. The Balaban J connectivity index is 1.91. The van der Waals surface area contributed by atoms with Crippen LogP contribution in [0.25, 0.3) is 0 Å². The Bertz CT molecular complexity index is 508. The van der Waals surface area contributed by atoms with Gasteiger partial charge in [-0.1, -0.05) is 0 Å². The van der Waals surface area contributed by atoms with Gasteiger partial charge in [0.2, 0.25) is 5.91 Å². The smallest absolute Gasteiger partial charge is 0.331 e. The number of hydrogen-bond donors (Lipinski definition) is 3. The number of aryl methyl sites for hydroxylation is 1. The second-order valence-corrected chi connectivity index (χ2v) is 5.40. The molecule has 8 nitrogen and oxygen atoms in total. The molecular formula is C13H21N5O3. The van der Waals surface area contributed by atoms with Gasteiger partial charge in [-0.15, -0.1) is 0 Å². The maximum Gasteiger partial charge on any atom is 0.331 e. The predicted molar refractivity (Wildman–Crippen MR) is 75.4 cm³/mol. The molecule has 1 aromatic heterocycles. The number of nitrogens with two attached hydrogens (primary N) is 1. The second-order valence-electron chi connectivity index (χ2n) is 5.40. The van der Waals surface area contributed by atoms with Gasteiger partial charge in [-0.25, -0.2) is 4.79 Å². The van der Waals surface area contributed by atoms with Crippen molar-refractivity contribution < 1.29 is 14.7 Å². The Labute approximate surface area is 122 Å². The zero-order valence-electron chi connectivity index (χ0n) is 12.0. The van der Waals surface area contributed by atoms with Crippen molar-refractivity contribution in [2.75, 3.05) is 19.6 Å². The van der Waals surface area contributed by atoms with Gasteiger partial charge in [-0.3, -0.25) is 14.4 Å². The van der Waals surface area contributed by atoms with Crippen molar-refractivity contribution in [2.45, 2.75) is 24.9 Å². The zero-order chi connectivity index (χ0) is 15.4. The minimum absolute atomic E-state index is 0.191. The number of piperidine rings is 1. The van der Waals surface area contributed by atoms with Gasteiger partial charge in [-0.2, -0.15) is 5.10 Å². The van der Waals surface area contributed by atoms with Crippen LogP contribution in [0.1, 0.15) is 24.4 Å². The Kier molecular flexibility index (Phi) is 4.92. The number of rotatable bonds is 5. The average Bonchev–Trinajstić information content (AvgIpc) is 2.85. The molecule has 0 saturated carbocycles. The second kappa shape index (κ2) is 6.68. The molecular weight excluding hydrogens is 274 g/mol. The summed E-state index contributed by atoms with van der Waals surface area (Å²) in [4.78, 5) is 25.3. The van der Waals surface area contributed by atoms with E-state index in [-0.39, 0.29) is 18.5 Å². The van der Waals surface area contributed by atoms with Crippen LogP contribution in [-0.4, -0.2) is 57.3 Å². The maximum absolute atomic E-state index is 12.0. The first-order valence-corrected chi connectivity index (χ1v) is 6.94. The first kappa shape index (κ1) is 15.5. The van der Waals surface area contributed by atoms with Gasteiger partial charge < -0.3 is 16.2 Å². The molecule has 1 saturated heterocycles. The molecule has 0 radical (unpaired) electrons. The number of carboxylic acid groups (broad SMARTS) is 1. The monoisotopic (exact) mass is 295 g/mol. The lowest BCUT2D eigenvalue weighted by Crippen LogP contribution is -2.46. The molecule has 0 aliphatic carbocycles. The van der Waals surface area contributed by atoms with E-state index < -0.39 is 12.0 Å². The number of carboxylic acids is 1. The number of amides is 1. The highest BCUT2D eigenvalue weighted by Crippen LogP contribution is 2.12. The Hall–Kier alpha value is -1.93. The van der Waals surface area contributed by atoms with Crippen LogP contribution >= 0.6 is 0 Å². The third-order valence-corrected chi connectivity index (χ3v) is 3.61. The molecule has 2 heterocycles. The summed E-state index contributed by atoms with van der Waals surface area (Å²) < 4.78 is 1.50. The van der Waals surface area contributed by atoms with Crippen LogP contribution in [0.2, 0.25) is 0 Å². The lowest BCUT2D eigenvalue weighted by atomic mass is 10.1. The van der Waals surface area contributed by atoms with E-state index in [9.17, 15) is 14.7 Å². The highest BCUT2D eigenvalue weighted by molar-refractivity contribution is 5.85. The molecule has 1 unspecified atom stereocenters. The summed E-state index contributed by atoms with van der Waals surface area (Å²) >= 11 is 0. The third-order valence-electron chi connectivity index (χ3n) is 3.61. The van der Waals surface area contributed by atoms with E-state index in [2.05, 4.69) is 10.4 Å². The molecule has 21 heavy (non-hydrogen) atoms. The molecule has 0 bridgehead atoms. The van der Waals surface area contributed by atoms with Gasteiger partial charge in [0.1, 0.15) is 0 Å². The fourth-order valence-electron chi connectivity index (χ4n) is 2.40. The van der Waals surface area contributed by atoms with E-state index in [1.165, 1.54) is 10.9 Å². The highest BCUT2D eigenvalue weighted by atomic mass is 16.4. The van der Waals surface area contributed by atoms with Crippen LogP contribution in [-0.2, 0) is 16.6 Å². The molecule has 0 aromatic carbocycles. The molecule has 1 aromatic rings. The van der Waals surface area contributed by atoms with Crippen molar-refractivity contribution in [1.29, 1.82) is 0 Å². The summed E-state index contributed by atoms with van der Waals surface area (Å²) in [6, 6.07) is -0.871. The molecule has 4 N–H and O–H groups in total. The predicted octanol–water partition coefficient (Wildman–Crippen LogP) is -0.915. The number of nitrogens with zero attached hydrogens (tertiary/aromatic N) is 3. The number of aliphatic carboxylic acids is 1. The van der Waals surface area contributed by atoms with E-state index in [0.29, 0.717) is 5.56 Å². The van der Waals surface area contributed by atoms with Gasteiger partial charge in [0, 0.05) is 37.9 Å². The first-order valence-electron chi connectivity index (χ1n) is 6.94. The highest BCUT2D eigenvalue weighted by Gasteiger charge is 2.25. The van der Waals surface area contributed by atoms with E-state index >= 15 is 0 Å².